The van der Waals surface area contributed by atoms with Crippen LogP contribution in [0.3, 0.4) is 0 Å². The molecule has 1 saturated carbocycles. The molecule has 1 fully saturated rings. The molecule has 1 atom stereocenters. The summed E-state index contributed by atoms with van der Waals surface area (Å²) in [4.78, 5) is 17.2. The van der Waals surface area contributed by atoms with Crippen LogP contribution in [0.25, 0.3) is 0 Å². The van der Waals surface area contributed by atoms with Crippen LogP contribution in [-0.2, 0) is 11.2 Å². The van der Waals surface area contributed by atoms with Crippen LogP contribution in [0.1, 0.15) is 42.9 Å². The van der Waals surface area contributed by atoms with E-state index in [2.05, 4.69) is 10.3 Å². The van der Waals surface area contributed by atoms with E-state index >= 15 is 0 Å². The highest BCUT2D eigenvalue weighted by atomic mass is 35.5. The lowest BCUT2D eigenvalue weighted by Gasteiger charge is -2.20. The number of nitrogens with zero attached hydrogens (tertiary/aromatic N) is 1. The van der Waals surface area contributed by atoms with Crippen molar-refractivity contribution in [2.24, 2.45) is 0 Å². The monoisotopic (exact) mass is 328 g/mol. The second-order valence-electron chi connectivity index (χ2n) is 6.12. The average molecular weight is 329 g/mol. The molecule has 1 amide bonds. The number of nitrogens with one attached hydrogen (secondary N) is 1. The summed E-state index contributed by atoms with van der Waals surface area (Å²) in [6.07, 6.45) is 6.95. The molecule has 4 heteroatoms. The van der Waals surface area contributed by atoms with Crippen molar-refractivity contribution in [2.75, 3.05) is 0 Å². The van der Waals surface area contributed by atoms with Gasteiger partial charge in [0.25, 0.3) is 0 Å². The van der Waals surface area contributed by atoms with Crippen LogP contribution in [0.4, 0.5) is 0 Å². The summed E-state index contributed by atoms with van der Waals surface area (Å²) in [7, 11) is 0. The van der Waals surface area contributed by atoms with Crippen LogP contribution >= 0.6 is 11.6 Å². The van der Waals surface area contributed by atoms with Gasteiger partial charge in [-0.2, -0.15) is 0 Å². The van der Waals surface area contributed by atoms with E-state index in [1.54, 1.807) is 6.20 Å². The molecular formula is C19H21ClN2O. The first kappa shape index (κ1) is 16.0. The number of halogens is 1. The van der Waals surface area contributed by atoms with Gasteiger partial charge in [-0.1, -0.05) is 42.6 Å². The molecule has 1 aromatic heterocycles. The summed E-state index contributed by atoms with van der Waals surface area (Å²) in [5, 5.41) is 3.89. The Morgan fingerprint density at radius 2 is 1.91 bits per heavy atom. The molecule has 23 heavy (non-hydrogen) atoms. The van der Waals surface area contributed by atoms with E-state index in [-0.39, 0.29) is 11.8 Å². The molecule has 0 saturated heterocycles. The van der Waals surface area contributed by atoms with Crippen molar-refractivity contribution in [3.05, 3.63) is 64.9 Å². The molecule has 3 nitrogen and oxygen atoms in total. The quantitative estimate of drug-likeness (QED) is 0.897. The van der Waals surface area contributed by atoms with Crippen LogP contribution in [0.5, 0.6) is 0 Å². The van der Waals surface area contributed by atoms with Gasteiger partial charge >= 0.3 is 0 Å². The lowest BCUT2D eigenvalue weighted by molar-refractivity contribution is -0.123. The van der Waals surface area contributed by atoms with Gasteiger partial charge in [0, 0.05) is 29.4 Å². The Morgan fingerprint density at radius 3 is 2.57 bits per heavy atom. The van der Waals surface area contributed by atoms with Crippen LogP contribution in [0.2, 0.25) is 5.02 Å². The van der Waals surface area contributed by atoms with Gasteiger partial charge in [0.1, 0.15) is 0 Å². The highest BCUT2D eigenvalue weighted by Gasteiger charge is 2.25. The predicted octanol–water partition coefficient (Wildman–Crippen LogP) is 4.12. The van der Waals surface area contributed by atoms with Crippen molar-refractivity contribution < 1.29 is 4.79 Å². The van der Waals surface area contributed by atoms with Gasteiger partial charge in [-0.3, -0.25) is 9.78 Å². The first-order valence-electron chi connectivity index (χ1n) is 8.18. The van der Waals surface area contributed by atoms with Gasteiger partial charge in [-0.05, 0) is 42.7 Å². The highest BCUT2D eigenvalue weighted by Crippen LogP contribution is 2.24. The molecule has 3 rings (SSSR count). The number of aromatic nitrogens is 1. The van der Waals surface area contributed by atoms with Crippen molar-refractivity contribution >= 4 is 17.5 Å². The Labute approximate surface area is 142 Å². The molecule has 1 N–H and O–H groups in total. The van der Waals surface area contributed by atoms with E-state index in [0.29, 0.717) is 17.5 Å². The molecule has 1 heterocycles. The fourth-order valence-electron chi connectivity index (χ4n) is 3.16. The predicted molar refractivity (Wildman–Crippen MR) is 92.5 cm³/mol. The lowest BCUT2D eigenvalue weighted by Crippen LogP contribution is -2.37. The Balaban J connectivity index is 1.79. The Bertz CT molecular complexity index is 636. The van der Waals surface area contributed by atoms with Gasteiger partial charge in [0.15, 0.2) is 0 Å². The number of rotatable bonds is 5. The zero-order chi connectivity index (χ0) is 16.1. The smallest absolute Gasteiger partial charge is 0.228 e. The highest BCUT2D eigenvalue weighted by molar-refractivity contribution is 6.30. The van der Waals surface area contributed by atoms with Crippen molar-refractivity contribution in [2.45, 2.75) is 44.1 Å². The SMILES string of the molecule is O=C(NC1CCCC1)C(Cc1ccccn1)c1ccc(Cl)cc1. The molecule has 2 aromatic rings. The summed E-state index contributed by atoms with van der Waals surface area (Å²) in [5.41, 5.74) is 1.91. The summed E-state index contributed by atoms with van der Waals surface area (Å²) < 4.78 is 0. The second kappa shape index (κ2) is 7.60. The molecule has 120 valence electrons. The summed E-state index contributed by atoms with van der Waals surface area (Å²) in [6, 6.07) is 13.7. The number of pyridine rings is 1. The van der Waals surface area contributed by atoms with Crippen LogP contribution in [-0.4, -0.2) is 16.9 Å². The van der Waals surface area contributed by atoms with Crippen molar-refractivity contribution in [3.63, 3.8) is 0 Å². The van der Waals surface area contributed by atoms with Gasteiger partial charge in [0.05, 0.1) is 5.92 Å². The van der Waals surface area contributed by atoms with Gasteiger partial charge in [0.2, 0.25) is 5.91 Å². The van der Waals surface area contributed by atoms with E-state index in [4.69, 9.17) is 11.6 Å². The second-order valence-corrected chi connectivity index (χ2v) is 6.56. The molecule has 1 aliphatic carbocycles. The fraction of sp³-hybridized carbons (Fsp3) is 0.368. The zero-order valence-corrected chi connectivity index (χ0v) is 13.8. The molecule has 1 unspecified atom stereocenters. The van der Waals surface area contributed by atoms with Crippen molar-refractivity contribution in [3.8, 4) is 0 Å². The van der Waals surface area contributed by atoms with Gasteiger partial charge in [-0.15, -0.1) is 0 Å². The van der Waals surface area contributed by atoms with Crippen LogP contribution in [0.15, 0.2) is 48.7 Å². The molecule has 1 aliphatic rings. The molecular weight excluding hydrogens is 308 g/mol. The third kappa shape index (κ3) is 4.32. The van der Waals surface area contributed by atoms with Gasteiger partial charge in [-0.25, -0.2) is 0 Å². The van der Waals surface area contributed by atoms with Crippen LogP contribution in [0, 0.1) is 0 Å². The third-order valence-electron chi connectivity index (χ3n) is 4.43. The standard InChI is InChI=1S/C19H21ClN2O/c20-15-10-8-14(9-11-15)18(13-17-7-3-4-12-21-17)19(23)22-16-5-1-2-6-16/h3-4,7-12,16,18H,1-2,5-6,13H2,(H,22,23). The molecule has 1 aromatic carbocycles. The van der Waals surface area contributed by atoms with E-state index in [1.165, 1.54) is 12.8 Å². The first-order chi connectivity index (χ1) is 11.2. The molecule has 0 bridgehead atoms. The number of hydrogen-bond donors (Lipinski definition) is 1. The average Bonchev–Trinajstić information content (AvgIpc) is 3.07. The lowest BCUT2D eigenvalue weighted by atomic mass is 9.92. The minimum atomic E-state index is -0.234. The number of amides is 1. The van der Waals surface area contributed by atoms with Crippen molar-refractivity contribution in [1.29, 1.82) is 0 Å². The maximum Gasteiger partial charge on any atom is 0.228 e. The van der Waals surface area contributed by atoms with Crippen molar-refractivity contribution in [1.82, 2.24) is 10.3 Å². The number of carbonyl (C=O) groups excluding carboxylic acids is 1. The summed E-state index contributed by atoms with van der Waals surface area (Å²) in [5.74, 6) is -0.146. The molecule has 0 radical (unpaired) electrons. The Kier molecular flexibility index (Phi) is 5.29. The van der Waals surface area contributed by atoms with E-state index in [1.807, 2.05) is 42.5 Å². The Morgan fingerprint density at radius 1 is 1.17 bits per heavy atom. The Hall–Kier alpha value is -1.87. The van der Waals surface area contributed by atoms with E-state index in [0.717, 1.165) is 24.1 Å². The number of carbonyl (C=O) groups is 1. The zero-order valence-electron chi connectivity index (χ0n) is 13.0. The normalized spacial score (nSPS) is 16.2. The van der Waals surface area contributed by atoms with E-state index < -0.39 is 0 Å². The topological polar surface area (TPSA) is 42.0 Å². The maximum atomic E-state index is 12.8. The fourth-order valence-corrected chi connectivity index (χ4v) is 3.28. The van der Waals surface area contributed by atoms with E-state index in [9.17, 15) is 4.79 Å². The number of benzene rings is 1. The minimum absolute atomic E-state index is 0.0878. The largest absolute Gasteiger partial charge is 0.353 e. The maximum absolute atomic E-state index is 12.8. The van der Waals surface area contributed by atoms with Gasteiger partial charge < -0.3 is 5.32 Å². The summed E-state index contributed by atoms with van der Waals surface area (Å²) in [6.45, 7) is 0. The first-order valence-corrected chi connectivity index (χ1v) is 8.56. The summed E-state index contributed by atoms with van der Waals surface area (Å²) >= 11 is 5.98. The molecule has 0 spiro atoms. The third-order valence-corrected chi connectivity index (χ3v) is 4.68. The number of hydrogen-bond acceptors (Lipinski definition) is 2. The minimum Gasteiger partial charge on any atom is -0.353 e. The van der Waals surface area contributed by atoms with Crippen LogP contribution < -0.4 is 5.32 Å². The molecule has 0 aliphatic heterocycles.